The molecule has 0 amide bonds. The number of alkyl halides is 1. The maximum Gasteiger partial charge on any atom is 0.125 e. The Morgan fingerprint density at radius 2 is 1.95 bits per heavy atom. The Morgan fingerprint density at radius 3 is 2.68 bits per heavy atom. The quantitative estimate of drug-likeness (QED) is 0.713. The van der Waals surface area contributed by atoms with Gasteiger partial charge < -0.3 is 4.74 Å². The second kappa shape index (κ2) is 5.54. The summed E-state index contributed by atoms with van der Waals surface area (Å²) >= 11 is 12.6. The summed E-state index contributed by atoms with van der Waals surface area (Å²) in [7, 11) is 0. The van der Waals surface area contributed by atoms with Gasteiger partial charge in [0, 0.05) is 17.3 Å². The van der Waals surface area contributed by atoms with Crippen LogP contribution in [-0.4, -0.2) is 12.5 Å². The molecule has 1 aromatic carbocycles. The Hall–Kier alpha value is -0.400. The van der Waals surface area contributed by atoms with Crippen molar-refractivity contribution in [2.45, 2.75) is 44.9 Å². The number of rotatable bonds is 3. The predicted octanol–water partition coefficient (Wildman–Crippen LogP) is 5.01. The summed E-state index contributed by atoms with van der Waals surface area (Å²) in [5, 5.41) is 0.833. The molecule has 104 valence electrons. The molecule has 0 saturated heterocycles. The Morgan fingerprint density at radius 1 is 1.16 bits per heavy atom. The van der Waals surface area contributed by atoms with Crippen molar-refractivity contribution in [3.63, 3.8) is 0 Å². The van der Waals surface area contributed by atoms with Gasteiger partial charge in [-0.05, 0) is 47.9 Å². The lowest BCUT2D eigenvalue weighted by molar-refractivity contribution is 0.217. The van der Waals surface area contributed by atoms with Gasteiger partial charge in [0.25, 0.3) is 0 Å². The molecular formula is C16H20Cl2O. The van der Waals surface area contributed by atoms with Gasteiger partial charge in [-0.3, -0.25) is 0 Å². The van der Waals surface area contributed by atoms with Gasteiger partial charge in [0.2, 0.25) is 0 Å². The largest absolute Gasteiger partial charge is 0.493 e. The highest BCUT2D eigenvalue weighted by Crippen LogP contribution is 2.43. The molecule has 1 aliphatic heterocycles. The first kappa shape index (κ1) is 13.6. The van der Waals surface area contributed by atoms with Crippen LogP contribution >= 0.6 is 23.2 Å². The summed E-state index contributed by atoms with van der Waals surface area (Å²) in [5.74, 6) is 1.83. The molecular weight excluding hydrogens is 279 g/mol. The molecule has 0 aromatic heterocycles. The van der Waals surface area contributed by atoms with Crippen LogP contribution in [-0.2, 0) is 12.8 Å². The van der Waals surface area contributed by atoms with Crippen molar-refractivity contribution in [1.82, 2.24) is 0 Å². The highest BCUT2D eigenvalue weighted by molar-refractivity contribution is 6.30. The lowest BCUT2D eigenvalue weighted by Crippen LogP contribution is -2.28. The van der Waals surface area contributed by atoms with Crippen molar-refractivity contribution in [2.24, 2.45) is 5.41 Å². The monoisotopic (exact) mass is 298 g/mol. The van der Waals surface area contributed by atoms with Crippen LogP contribution in [0.15, 0.2) is 12.1 Å². The highest BCUT2D eigenvalue weighted by atomic mass is 35.5. The highest BCUT2D eigenvalue weighted by Gasteiger charge is 2.33. The minimum atomic E-state index is 0.254. The second-order valence-electron chi connectivity index (χ2n) is 6.02. The van der Waals surface area contributed by atoms with E-state index in [-0.39, 0.29) is 5.41 Å². The van der Waals surface area contributed by atoms with Gasteiger partial charge in [0.05, 0.1) is 6.61 Å². The van der Waals surface area contributed by atoms with Crippen molar-refractivity contribution in [2.75, 3.05) is 12.5 Å². The molecule has 1 fully saturated rings. The van der Waals surface area contributed by atoms with Crippen LogP contribution in [0.5, 0.6) is 5.75 Å². The van der Waals surface area contributed by atoms with Crippen molar-refractivity contribution in [3.05, 3.63) is 28.3 Å². The maximum absolute atomic E-state index is 6.30. The van der Waals surface area contributed by atoms with E-state index in [1.807, 2.05) is 6.07 Å². The fourth-order valence-electron chi connectivity index (χ4n) is 3.54. The van der Waals surface area contributed by atoms with Crippen LogP contribution in [0.4, 0.5) is 0 Å². The molecule has 1 nitrogen and oxygen atoms in total. The Balaban J connectivity index is 1.90. The van der Waals surface area contributed by atoms with E-state index in [1.54, 1.807) is 0 Å². The number of halogens is 2. The van der Waals surface area contributed by atoms with Gasteiger partial charge in [-0.2, -0.15) is 0 Å². The van der Waals surface area contributed by atoms with Gasteiger partial charge >= 0.3 is 0 Å². The summed E-state index contributed by atoms with van der Waals surface area (Å²) in [6, 6.07) is 4.12. The standard InChI is InChI=1S/C16H20Cl2O/c17-11-16(5-2-1-3-6-16)10-13-9-14(18)8-12-4-7-19-15(12)13/h8-9H,1-7,10-11H2. The Labute approximate surface area is 125 Å². The fraction of sp³-hybridized carbons (Fsp3) is 0.625. The summed E-state index contributed by atoms with van der Waals surface area (Å²) < 4.78 is 5.81. The zero-order valence-corrected chi connectivity index (χ0v) is 12.7. The first-order valence-corrected chi connectivity index (χ1v) is 8.14. The molecule has 0 unspecified atom stereocenters. The average molecular weight is 299 g/mol. The first-order valence-electron chi connectivity index (χ1n) is 7.23. The first-order chi connectivity index (χ1) is 9.22. The van der Waals surface area contributed by atoms with Crippen molar-refractivity contribution in [3.8, 4) is 5.75 Å². The molecule has 0 radical (unpaired) electrons. The number of fused-ring (bicyclic) bond motifs is 1. The third-order valence-corrected chi connectivity index (χ3v) is 5.37. The lowest BCUT2D eigenvalue weighted by Gasteiger charge is -2.36. The molecule has 3 rings (SSSR count). The van der Waals surface area contributed by atoms with Crippen LogP contribution < -0.4 is 4.74 Å². The van der Waals surface area contributed by atoms with Gasteiger partial charge in [0.1, 0.15) is 5.75 Å². The summed E-state index contributed by atoms with van der Waals surface area (Å²) in [5.41, 5.74) is 2.79. The summed E-state index contributed by atoms with van der Waals surface area (Å²) in [6.45, 7) is 0.788. The third kappa shape index (κ3) is 2.73. The SMILES string of the molecule is ClCC1(Cc2cc(Cl)cc3c2OCC3)CCCCC1. The van der Waals surface area contributed by atoms with E-state index in [0.717, 1.165) is 36.1 Å². The maximum atomic E-state index is 6.30. The van der Waals surface area contributed by atoms with E-state index in [0.29, 0.717) is 0 Å². The average Bonchev–Trinajstić information content (AvgIpc) is 2.88. The Bertz CT molecular complexity index is 464. The van der Waals surface area contributed by atoms with Crippen LogP contribution in [0.3, 0.4) is 0 Å². The van der Waals surface area contributed by atoms with E-state index in [2.05, 4.69) is 6.07 Å². The molecule has 1 aliphatic carbocycles. The molecule has 0 N–H and O–H groups in total. The molecule has 3 heteroatoms. The summed E-state index contributed by atoms with van der Waals surface area (Å²) in [6.07, 6.45) is 8.42. The molecule has 0 atom stereocenters. The number of hydrogen-bond donors (Lipinski definition) is 0. The van der Waals surface area contributed by atoms with Crippen LogP contribution in [0, 0.1) is 5.41 Å². The van der Waals surface area contributed by atoms with Gasteiger partial charge in [-0.1, -0.05) is 30.9 Å². The van der Waals surface area contributed by atoms with Gasteiger partial charge in [-0.15, -0.1) is 11.6 Å². The number of hydrogen-bond acceptors (Lipinski definition) is 1. The summed E-state index contributed by atoms with van der Waals surface area (Å²) in [4.78, 5) is 0. The normalized spacial score (nSPS) is 20.9. The van der Waals surface area contributed by atoms with E-state index < -0.39 is 0 Å². The van der Waals surface area contributed by atoms with Crippen LogP contribution in [0.25, 0.3) is 0 Å². The van der Waals surface area contributed by atoms with E-state index in [1.165, 1.54) is 43.2 Å². The van der Waals surface area contributed by atoms with Gasteiger partial charge in [0.15, 0.2) is 0 Å². The third-order valence-electron chi connectivity index (χ3n) is 4.59. The molecule has 1 aromatic rings. The zero-order chi connectivity index (χ0) is 13.3. The van der Waals surface area contributed by atoms with Crippen molar-refractivity contribution < 1.29 is 4.74 Å². The van der Waals surface area contributed by atoms with Gasteiger partial charge in [-0.25, -0.2) is 0 Å². The van der Waals surface area contributed by atoms with Crippen LogP contribution in [0.1, 0.15) is 43.2 Å². The second-order valence-corrected chi connectivity index (χ2v) is 6.73. The van der Waals surface area contributed by atoms with Crippen molar-refractivity contribution in [1.29, 1.82) is 0 Å². The molecule has 0 bridgehead atoms. The molecule has 1 saturated carbocycles. The minimum absolute atomic E-state index is 0.254. The van der Waals surface area contributed by atoms with E-state index >= 15 is 0 Å². The minimum Gasteiger partial charge on any atom is -0.493 e. The predicted molar refractivity (Wildman–Crippen MR) is 80.6 cm³/mol. The lowest BCUT2D eigenvalue weighted by atomic mass is 9.71. The molecule has 1 heterocycles. The van der Waals surface area contributed by atoms with E-state index in [4.69, 9.17) is 27.9 Å². The smallest absolute Gasteiger partial charge is 0.125 e. The molecule has 2 aliphatic rings. The molecule has 19 heavy (non-hydrogen) atoms. The molecule has 0 spiro atoms. The van der Waals surface area contributed by atoms with Crippen LogP contribution in [0.2, 0.25) is 5.02 Å². The van der Waals surface area contributed by atoms with Crippen molar-refractivity contribution >= 4 is 23.2 Å². The van der Waals surface area contributed by atoms with E-state index in [9.17, 15) is 0 Å². The number of ether oxygens (including phenoxy) is 1. The fourth-order valence-corrected chi connectivity index (χ4v) is 4.17. The Kier molecular flexibility index (Phi) is 3.96. The number of benzene rings is 1. The zero-order valence-electron chi connectivity index (χ0n) is 11.2. The topological polar surface area (TPSA) is 9.23 Å².